The molecule has 1 aromatic rings. The van der Waals surface area contributed by atoms with Gasteiger partial charge in [-0.2, -0.15) is 0 Å². The molecule has 0 aromatic heterocycles. The van der Waals surface area contributed by atoms with Crippen molar-refractivity contribution in [3.05, 3.63) is 33.9 Å². The summed E-state index contributed by atoms with van der Waals surface area (Å²) in [6, 6.07) is 4.74. The fourth-order valence-corrected chi connectivity index (χ4v) is 1.57. The van der Waals surface area contributed by atoms with Crippen molar-refractivity contribution >= 4 is 5.69 Å². The summed E-state index contributed by atoms with van der Waals surface area (Å²) in [5.74, 6) is 0.312. The fraction of sp³-hybridized carbons (Fsp3) is 0.500. The maximum Gasteiger partial charge on any atom is 0.310 e. The van der Waals surface area contributed by atoms with Crippen LogP contribution in [0.15, 0.2) is 18.2 Å². The zero-order chi connectivity index (χ0) is 12.8. The number of nitrogens with zero attached hydrogens (tertiary/aromatic N) is 1. The molecule has 0 radical (unpaired) electrons. The van der Waals surface area contributed by atoms with Gasteiger partial charge < -0.3 is 10.5 Å². The minimum atomic E-state index is -0.433. The van der Waals surface area contributed by atoms with E-state index < -0.39 is 4.92 Å². The van der Waals surface area contributed by atoms with Crippen LogP contribution in [0.5, 0.6) is 5.75 Å². The molecule has 0 spiro atoms. The summed E-state index contributed by atoms with van der Waals surface area (Å²) >= 11 is 0. The number of ether oxygens (including phenoxy) is 1. The molecule has 0 aliphatic carbocycles. The first-order valence-corrected chi connectivity index (χ1v) is 5.76. The van der Waals surface area contributed by atoms with E-state index in [-0.39, 0.29) is 11.8 Å². The fourth-order valence-electron chi connectivity index (χ4n) is 1.57. The molecule has 0 fully saturated rings. The Bertz CT molecular complexity index is 389. The van der Waals surface area contributed by atoms with Gasteiger partial charge in [-0.1, -0.05) is 19.9 Å². The number of benzene rings is 1. The zero-order valence-electron chi connectivity index (χ0n) is 10.2. The van der Waals surface area contributed by atoms with Crippen molar-refractivity contribution in [3.8, 4) is 5.75 Å². The molecule has 5 heteroatoms. The van der Waals surface area contributed by atoms with Crippen molar-refractivity contribution in [2.24, 2.45) is 5.73 Å². The van der Waals surface area contributed by atoms with Crippen LogP contribution in [-0.4, -0.2) is 11.0 Å². The Morgan fingerprint density at radius 2 is 2.06 bits per heavy atom. The molecule has 0 aliphatic rings. The third kappa shape index (κ3) is 3.42. The molecule has 0 saturated carbocycles. The summed E-state index contributed by atoms with van der Waals surface area (Å²) in [6.45, 7) is 4.33. The Morgan fingerprint density at radius 1 is 1.41 bits per heavy atom. The normalized spacial score (nSPS) is 10.6. The third-order valence-corrected chi connectivity index (χ3v) is 2.66. The van der Waals surface area contributed by atoms with Crippen LogP contribution in [0.25, 0.3) is 0 Å². The molecule has 2 N–H and O–H groups in total. The van der Waals surface area contributed by atoms with Crippen LogP contribution in [0.2, 0.25) is 0 Å². The maximum absolute atomic E-state index is 10.9. The summed E-state index contributed by atoms with van der Waals surface area (Å²) in [4.78, 5) is 10.4. The van der Waals surface area contributed by atoms with E-state index in [9.17, 15) is 10.1 Å². The Labute approximate surface area is 101 Å². The standard InChI is InChI=1S/C12H18N2O3/c1-3-10(4-2)17-12-7-9(8-13)5-6-11(12)14(15)16/h5-7,10H,3-4,8,13H2,1-2H3. The van der Waals surface area contributed by atoms with Crippen molar-refractivity contribution < 1.29 is 9.66 Å². The van der Waals surface area contributed by atoms with Crippen LogP contribution in [-0.2, 0) is 6.54 Å². The molecule has 0 bridgehead atoms. The van der Waals surface area contributed by atoms with Gasteiger partial charge >= 0.3 is 5.69 Å². The van der Waals surface area contributed by atoms with Gasteiger partial charge in [0.25, 0.3) is 0 Å². The van der Waals surface area contributed by atoms with Gasteiger partial charge in [-0.25, -0.2) is 0 Å². The predicted octanol–water partition coefficient (Wildman–Crippen LogP) is 2.62. The number of rotatable bonds is 6. The molecule has 0 aliphatic heterocycles. The average molecular weight is 238 g/mol. The SMILES string of the molecule is CCC(CC)Oc1cc(CN)ccc1[N+](=O)[O-]. The number of nitro benzene ring substituents is 1. The van der Waals surface area contributed by atoms with Crippen molar-refractivity contribution in [2.75, 3.05) is 0 Å². The smallest absolute Gasteiger partial charge is 0.310 e. The Kier molecular flexibility index (Phi) is 4.90. The van der Waals surface area contributed by atoms with Crippen LogP contribution < -0.4 is 10.5 Å². The quantitative estimate of drug-likeness (QED) is 0.610. The van der Waals surface area contributed by atoms with E-state index in [0.717, 1.165) is 18.4 Å². The minimum absolute atomic E-state index is 0.00160. The monoisotopic (exact) mass is 238 g/mol. The van der Waals surface area contributed by atoms with Gasteiger partial charge in [0.1, 0.15) is 0 Å². The molecule has 5 nitrogen and oxygen atoms in total. The van der Waals surface area contributed by atoms with Gasteiger partial charge in [-0.3, -0.25) is 10.1 Å². The molecular formula is C12H18N2O3. The molecule has 0 unspecified atom stereocenters. The summed E-state index contributed by atoms with van der Waals surface area (Å²) in [5, 5.41) is 10.9. The maximum atomic E-state index is 10.9. The molecule has 0 amide bonds. The van der Waals surface area contributed by atoms with E-state index >= 15 is 0 Å². The minimum Gasteiger partial charge on any atom is -0.484 e. The molecule has 94 valence electrons. The highest BCUT2D eigenvalue weighted by atomic mass is 16.6. The van der Waals surface area contributed by atoms with E-state index in [0.29, 0.717) is 12.3 Å². The van der Waals surface area contributed by atoms with E-state index in [1.54, 1.807) is 12.1 Å². The zero-order valence-corrected chi connectivity index (χ0v) is 10.2. The molecule has 0 saturated heterocycles. The lowest BCUT2D eigenvalue weighted by Gasteiger charge is -2.16. The van der Waals surface area contributed by atoms with Crippen LogP contribution in [0.1, 0.15) is 32.3 Å². The second-order valence-electron chi connectivity index (χ2n) is 3.82. The van der Waals surface area contributed by atoms with E-state index in [4.69, 9.17) is 10.5 Å². The van der Waals surface area contributed by atoms with E-state index in [2.05, 4.69) is 0 Å². The van der Waals surface area contributed by atoms with Crippen molar-refractivity contribution in [2.45, 2.75) is 39.3 Å². The first kappa shape index (κ1) is 13.4. The summed E-state index contributed by atoms with van der Waals surface area (Å²) in [7, 11) is 0. The Morgan fingerprint density at radius 3 is 2.53 bits per heavy atom. The number of nitro groups is 1. The molecule has 17 heavy (non-hydrogen) atoms. The van der Waals surface area contributed by atoms with Crippen LogP contribution in [0, 0.1) is 10.1 Å². The summed E-state index contributed by atoms with van der Waals surface area (Å²) < 4.78 is 5.65. The second kappa shape index (κ2) is 6.20. The number of hydrogen-bond donors (Lipinski definition) is 1. The highest BCUT2D eigenvalue weighted by molar-refractivity contribution is 5.48. The lowest BCUT2D eigenvalue weighted by molar-refractivity contribution is -0.386. The Hall–Kier alpha value is -1.62. The predicted molar refractivity (Wildman–Crippen MR) is 66.0 cm³/mol. The molecular weight excluding hydrogens is 220 g/mol. The van der Waals surface area contributed by atoms with Crippen molar-refractivity contribution in [1.82, 2.24) is 0 Å². The number of nitrogens with two attached hydrogens (primary N) is 1. The third-order valence-electron chi connectivity index (χ3n) is 2.66. The molecule has 0 atom stereocenters. The van der Waals surface area contributed by atoms with Gasteiger partial charge in [-0.15, -0.1) is 0 Å². The van der Waals surface area contributed by atoms with Gasteiger partial charge in [-0.05, 0) is 24.5 Å². The molecule has 1 aromatic carbocycles. The number of hydrogen-bond acceptors (Lipinski definition) is 4. The van der Waals surface area contributed by atoms with Gasteiger partial charge in [0.05, 0.1) is 11.0 Å². The first-order valence-electron chi connectivity index (χ1n) is 5.76. The Balaban J connectivity index is 3.04. The largest absolute Gasteiger partial charge is 0.484 e. The average Bonchev–Trinajstić information content (AvgIpc) is 2.35. The van der Waals surface area contributed by atoms with E-state index in [1.807, 2.05) is 13.8 Å². The molecule has 1 rings (SSSR count). The molecule has 0 heterocycles. The van der Waals surface area contributed by atoms with Gasteiger partial charge in [0, 0.05) is 12.6 Å². The van der Waals surface area contributed by atoms with E-state index in [1.165, 1.54) is 6.07 Å². The van der Waals surface area contributed by atoms with Crippen molar-refractivity contribution in [3.63, 3.8) is 0 Å². The highest BCUT2D eigenvalue weighted by Gasteiger charge is 2.18. The van der Waals surface area contributed by atoms with Gasteiger partial charge in [0.2, 0.25) is 0 Å². The topological polar surface area (TPSA) is 78.4 Å². The van der Waals surface area contributed by atoms with Crippen LogP contribution in [0.4, 0.5) is 5.69 Å². The lowest BCUT2D eigenvalue weighted by atomic mass is 10.1. The van der Waals surface area contributed by atoms with Crippen molar-refractivity contribution in [1.29, 1.82) is 0 Å². The van der Waals surface area contributed by atoms with Gasteiger partial charge in [0.15, 0.2) is 5.75 Å². The summed E-state index contributed by atoms with van der Waals surface area (Å²) in [5.41, 5.74) is 6.34. The first-order chi connectivity index (χ1) is 8.12. The van der Waals surface area contributed by atoms with Crippen LogP contribution >= 0.6 is 0 Å². The summed E-state index contributed by atoms with van der Waals surface area (Å²) in [6.07, 6.45) is 1.64. The second-order valence-corrected chi connectivity index (χ2v) is 3.82. The highest BCUT2D eigenvalue weighted by Crippen LogP contribution is 2.29. The van der Waals surface area contributed by atoms with Crippen LogP contribution in [0.3, 0.4) is 0 Å². The lowest BCUT2D eigenvalue weighted by Crippen LogP contribution is -2.15.